The maximum atomic E-state index is 5.90. The highest BCUT2D eigenvalue weighted by molar-refractivity contribution is 5.64. The number of hydrogen-bond acceptors (Lipinski definition) is 3. The molecule has 1 atom stereocenters. The number of ether oxygens (including phenoxy) is 2. The zero-order valence-corrected chi connectivity index (χ0v) is 18.5. The normalized spacial score (nSPS) is 14.9. The van der Waals surface area contributed by atoms with Crippen molar-refractivity contribution < 1.29 is 9.47 Å². The Morgan fingerprint density at radius 1 is 0.812 bits per heavy atom. The first kappa shape index (κ1) is 20.4. The Bertz CT molecular complexity index is 1200. The summed E-state index contributed by atoms with van der Waals surface area (Å²) in [4.78, 5) is 0. The van der Waals surface area contributed by atoms with E-state index in [2.05, 4.69) is 88.9 Å². The van der Waals surface area contributed by atoms with Crippen molar-refractivity contribution in [3.63, 3.8) is 0 Å². The molecule has 1 aromatic heterocycles. The smallest absolute Gasteiger partial charge is 0.163 e. The van der Waals surface area contributed by atoms with Gasteiger partial charge >= 0.3 is 0 Å². The molecule has 0 amide bonds. The SMILES string of the molecule is CCOc1cc2c(cc1OCC)-n1cccc1C(c1ccc(-c3ccccc3)cc1)NC2. The van der Waals surface area contributed by atoms with Crippen LogP contribution in [0.15, 0.2) is 85.1 Å². The summed E-state index contributed by atoms with van der Waals surface area (Å²) >= 11 is 0. The van der Waals surface area contributed by atoms with Gasteiger partial charge < -0.3 is 19.4 Å². The topological polar surface area (TPSA) is 35.4 Å². The molecule has 0 saturated carbocycles. The second-order valence-electron chi connectivity index (χ2n) is 7.90. The van der Waals surface area contributed by atoms with Crippen molar-refractivity contribution in [2.24, 2.45) is 0 Å². The van der Waals surface area contributed by atoms with Crippen LogP contribution < -0.4 is 14.8 Å². The summed E-state index contributed by atoms with van der Waals surface area (Å²) in [5.74, 6) is 1.59. The Morgan fingerprint density at radius 3 is 2.22 bits per heavy atom. The first-order valence-corrected chi connectivity index (χ1v) is 11.3. The summed E-state index contributed by atoms with van der Waals surface area (Å²) in [7, 11) is 0. The van der Waals surface area contributed by atoms with E-state index in [1.165, 1.54) is 27.9 Å². The number of fused-ring (bicyclic) bond motifs is 3. The van der Waals surface area contributed by atoms with E-state index >= 15 is 0 Å². The summed E-state index contributed by atoms with van der Waals surface area (Å²) in [6.45, 7) is 5.95. The summed E-state index contributed by atoms with van der Waals surface area (Å²) in [6, 6.07) is 28.0. The Labute approximate surface area is 189 Å². The van der Waals surface area contributed by atoms with Gasteiger partial charge in [-0.2, -0.15) is 0 Å². The molecule has 0 spiro atoms. The third-order valence-corrected chi connectivity index (χ3v) is 5.93. The highest BCUT2D eigenvalue weighted by Crippen LogP contribution is 2.37. The van der Waals surface area contributed by atoms with Crippen LogP contribution in [0.4, 0.5) is 0 Å². The lowest BCUT2D eigenvalue weighted by Crippen LogP contribution is -2.21. The first-order valence-electron chi connectivity index (χ1n) is 11.3. The third-order valence-electron chi connectivity index (χ3n) is 5.93. The van der Waals surface area contributed by atoms with Crippen molar-refractivity contribution in [1.29, 1.82) is 0 Å². The van der Waals surface area contributed by atoms with E-state index in [1.807, 2.05) is 19.9 Å². The third kappa shape index (κ3) is 3.78. The monoisotopic (exact) mass is 424 g/mol. The number of rotatable bonds is 6. The van der Waals surface area contributed by atoms with Gasteiger partial charge in [0.2, 0.25) is 0 Å². The van der Waals surface area contributed by atoms with Gasteiger partial charge in [-0.15, -0.1) is 0 Å². The predicted octanol–water partition coefficient (Wildman–Crippen LogP) is 6.13. The molecule has 32 heavy (non-hydrogen) atoms. The van der Waals surface area contributed by atoms with E-state index < -0.39 is 0 Å². The van der Waals surface area contributed by atoms with Gasteiger partial charge in [0.25, 0.3) is 0 Å². The van der Waals surface area contributed by atoms with Crippen LogP contribution in [0, 0.1) is 0 Å². The zero-order valence-electron chi connectivity index (χ0n) is 18.5. The Balaban J connectivity index is 1.52. The molecular formula is C28H28N2O2. The maximum Gasteiger partial charge on any atom is 0.163 e. The van der Waals surface area contributed by atoms with Crippen molar-refractivity contribution in [3.05, 3.63) is 102 Å². The Hall–Kier alpha value is -3.50. The van der Waals surface area contributed by atoms with Crippen LogP contribution in [0.5, 0.6) is 11.5 Å². The molecule has 1 aliphatic heterocycles. The van der Waals surface area contributed by atoms with Gasteiger partial charge in [-0.05, 0) is 54.3 Å². The molecule has 0 fully saturated rings. The highest BCUT2D eigenvalue weighted by Gasteiger charge is 2.24. The molecule has 0 bridgehead atoms. The van der Waals surface area contributed by atoms with Crippen molar-refractivity contribution in [3.8, 4) is 28.3 Å². The molecule has 1 N–H and O–H groups in total. The minimum absolute atomic E-state index is 0.0910. The Kier molecular flexibility index (Phi) is 5.70. The van der Waals surface area contributed by atoms with Gasteiger partial charge in [0.05, 0.1) is 24.9 Å². The average Bonchev–Trinajstić information content (AvgIpc) is 3.26. The second-order valence-corrected chi connectivity index (χ2v) is 7.90. The number of aromatic nitrogens is 1. The van der Waals surface area contributed by atoms with Crippen LogP contribution in [0.2, 0.25) is 0 Å². The fourth-order valence-corrected chi connectivity index (χ4v) is 4.45. The van der Waals surface area contributed by atoms with E-state index in [0.717, 1.165) is 23.7 Å². The predicted molar refractivity (Wildman–Crippen MR) is 129 cm³/mol. The lowest BCUT2D eigenvalue weighted by Gasteiger charge is -2.18. The van der Waals surface area contributed by atoms with Crippen molar-refractivity contribution in [1.82, 2.24) is 9.88 Å². The fraction of sp³-hybridized carbons (Fsp3) is 0.214. The summed E-state index contributed by atoms with van der Waals surface area (Å²) in [6.07, 6.45) is 2.13. The lowest BCUT2D eigenvalue weighted by atomic mass is 9.99. The molecular weight excluding hydrogens is 396 g/mol. The highest BCUT2D eigenvalue weighted by atomic mass is 16.5. The molecule has 5 rings (SSSR count). The van der Waals surface area contributed by atoms with Crippen LogP contribution in [-0.4, -0.2) is 17.8 Å². The minimum atomic E-state index is 0.0910. The van der Waals surface area contributed by atoms with E-state index in [-0.39, 0.29) is 6.04 Å². The quantitative estimate of drug-likeness (QED) is 0.404. The largest absolute Gasteiger partial charge is 0.490 e. The number of hydrogen-bond donors (Lipinski definition) is 1. The fourth-order valence-electron chi connectivity index (χ4n) is 4.45. The van der Waals surface area contributed by atoms with Gasteiger partial charge in [-0.25, -0.2) is 0 Å². The minimum Gasteiger partial charge on any atom is -0.490 e. The first-order chi connectivity index (χ1) is 15.8. The van der Waals surface area contributed by atoms with Gasteiger partial charge in [-0.3, -0.25) is 0 Å². The molecule has 1 unspecified atom stereocenters. The molecule has 2 heterocycles. The van der Waals surface area contributed by atoms with Crippen LogP contribution in [0.3, 0.4) is 0 Å². The molecule has 0 radical (unpaired) electrons. The molecule has 4 aromatic rings. The zero-order chi connectivity index (χ0) is 21.9. The van der Waals surface area contributed by atoms with Gasteiger partial charge in [0.15, 0.2) is 11.5 Å². The van der Waals surface area contributed by atoms with Crippen molar-refractivity contribution >= 4 is 0 Å². The van der Waals surface area contributed by atoms with E-state index in [4.69, 9.17) is 9.47 Å². The van der Waals surface area contributed by atoms with Crippen molar-refractivity contribution in [2.45, 2.75) is 26.4 Å². The maximum absolute atomic E-state index is 5.90. The summed E-state index contributed by atoms with van der Waals surface area (Å²) in [5.41, 5.74) is 7.24. The van der Waals surface area contributed by atoms with Gasteiger partial charge in [0, 0.05) is 24.5 Å². The molecule has 0 aliphatic carbocycles. The van der Waals surface area contributed by atoms with E-state index in [0.29, 0.717) is 13.2 Å². The van der Waals surface area contributed by atoms with Crippen molar-refractivity contribution in [2.75, 3.05) is 13.2 Å². The molecule has 162 valence electrons. The van der Waals surface area contributed by atoms with Crippen LogP contribution >= 0.6 is 0 Å². The molecule has 4 nitrogen and oxygen atoms in total. The molecule has 0 saturated heterocycles. The van der Waals surface area contributed by atoms with Gasteiger partial charge in [-0.1, -0.05) is 54.6 Å². The molecule has 1 aliphatic rings. The van der Waals surface area contributed by atoms with Gasteiger partial charge in [0.1, 0.15) is 0 Å². The van der Waals surface area contributed by atoms with Crippen LogP contribution in [0.25, 0.3) is 16.8 Å². The standard InChI is InChI=1S/C28H28N2O2/c1-3-31-26-17-23-19-29-28(22-14-12-21(13-15-22)20-9-6-5-7-10-20)24-11-8-16-30(24)25(23)18-27(26)32-4-2/h5-18,28-29H,3-4,19H2,1-2H3. The number of benzene rings is 3. The van der Waals surface area contributed by atoms with E-state index in [9.17, 15) is 0 Å². The van der Waals surface area contributed by atoms with E-state index in [1.54, 1.807) is 0 Å². The van der Waals surface area contributed by atoms with Crippen LogP contribution in [0.1, 0.15) is 36.7 Å². The Morgan fingerprint density at radius 2 is 1.50 bits per heavy atom. The molecule has 4 heteroatoms. The molecule has 3 aromatic carbocycles. The lowest BCUT2D eigenvalue weighted by molar-refractivity contribution is 0.287. The summed E-state index contributed by atoms with van der Waals surface area (Å²) in [5, 5.41) is 3.76. The number of nitrogens with zero attached hydrogens (tertiary/aromatic N) is 1. The summed E-state index contributed by atoms with van der Waals surface area (Å²) < 4.78 is 14.0. The second kappa shape index (κ2) is 8.93. The average molecular weight is 425 g/mol. The van der Waals surface area contributed by atoms with Crippen LogP contribution in [-0.2, 0) is 6.54 Å². The number of nitrogens with one attached hydrogen (secondary N) is 1.